The van der Waals surface area contributed by atoms with Gasteiger partial charge < -0.3 is 5.32 Å². The van der Waals surface area contributed by atoms with Gasteiger partial charge in [-0.3, -0.25) is 9.69 Å². The van der Waals surface area contributed by atoms with Crippen molar-refractivity contribution in [1.29, 1.82) is 0 Å². The Bertz CT molecular complexity index is 1100. The molecule has 0 atom stereocenters. The second-order valence-electron chi connectivity index (χ2n) is 10.0. The number of anilines is 1. The molecule has 0 spiro atoms. The lowest BCUT2D eigenvalue weighted by Crippen LogP contribution is -2.32. The van der Waals surface area contributed by atoms with Gasteiger partial charge in [-0.2, -0.15) is 0 Å². The van der Waals surface area contributed by atoms with Crippen LogP contribution >= 0.6 is 0 Å². The predicted octanol–water partition coefficient (Wildman–Crippen LogP) is 5.52. The van der Waals surface area contributed by atoms with Crippen LogP contribution in [-0.4, -0.2) is 37.6 Å². The first-order valence-electron chi connectivity index (χ1n) is 12.4. The molecule has 1 aliphatic heterocycles. The summed E-state index contributed by atoms with van der Waals surface area (Å²) in [6, 6.07) is 12.2. The number of nitrogens with zero attached hydrogens (tertiary/aromatic N) is 1. The van der Waals surface area contributed by atoms with Crippen molar-refractivity contribution in [1.82, 2.24) is 4.90 Å². The zero-order valence-electron chi connectivity index (χ0n) is 20.1. The van der Waals surface area contributed by atoms with Crippen LogP contribution in [0.1, 0.15) is 69.4 Å². The number of nitrogens with one attached hydrogen (secondary N) is 1. The molecule has 2 fully saturated rings. The van der Waals surface area contributed by atoms with E-state index in [2.05, 4.69) is 10.2 Å². The minimum absolute atomic E-state index is 0.0746. The molecule has 34 heavy (non-hydrogen) atoms. The van der Waals surface area contributed by atoms with Gasteiger partial charge in [0.25, 0.3) is 0 Å². The molecule has 2 aromatic carbocycles. The van der Waals surface area contributed by atoms with Gasteiger partial charge in [0, 0.05) is 18.2 Å². The molecule has 184 valence electrons. The number of carbonyl (C=O) groups is 1. The van der Waals surface area contributed by atoms with E-state index in [1.165, 1.54) is 6.07 Å². The summed E-state index contributed by atoms with van der Waals surface area (Å²) < 4.78 is 40.1. The van der Waals surface area contributed by atoms with Gasteiger partial charge in [-0.1, -0.05) is 38.8 Å². The van der Waals surface area contributed by atoms with Crippen LogP contribution in [0.25, 0.3) is 0 Å². The lowest BCUT2D eigenvalue weighted by atomic mass is 9.88. The quantitative estimate of drug-likeness (QED) is 0.560. The van der Waals surface area contributed by atoms with E-state index in [4.69, 9.17) is 0 Å². The summed E-state index contributed by atoms with van der Waals surface area (Å²) >= 11 is 0. The van der Waals surface area contributed by atoms with E-state index in [9.17, 15) is 17.6 Å². The van der Waals surface area contributed by atoms with Crippen molar-refractivity contribution in [2.24, 2.45) is 5.92 Å². The van der Waals surface area contributed by atoms with Crippen molar-refractivity contribution >= 4 is 21.4 Å². The van der Waals surface area contributed by atoms with Gasteiger partial charge in [-0.05, 0) is 86.1 Å². The molecule has 0 aromatic heterocycles. The van der Waals surface area contributed by atoms with Gasteiger partial charge in [0.1, 0.15) is 5.82 Å². The Morgan fingerprint density at radius 3 is 2.29 bits per heavy atom. The Balaban J connectivity index is 1.34. The largest absolute Gasteiger partial charge is 0.326 e. The number of hydrogen-bond donors (Lipinski definition) is 1. The highest BCUT2D eigenvalue weighted by Gasteiger charge is 2.30. The first-order chi connectivity index (χ1) is 16.2. The minimum atomic E-state index is -3.22. The van der Waals surface area contributed by atoms with Crippen molar-refractivity contribution in [2.45, 2.75) is 75.0 Å². The minimum Gasteiger partial charge on any atom is -0.326 e. The van der Waals surface area contributed by atoms with Crippen molar-refractivity contribution in [3.05, 3.63) is 59.4 Å². The molecular formula is C27H35FN2O3S. The molecule has 7 heteroatoms. The second-order valence-corrected chi connectivity index (χ2v) is 12.3. The molecule has 1 N–H and O–H groups in total. The number of piperidine rings is 1. The first kappa shape index (κ1) is 24.9. The fourth-order valence-corrected chi connectivity index (χ4v) is 6.91. The monoisotopic (exact) mass is 486 g/mol. The smallest absolute Gasteiger partial charge is 0.226 e. The maximum Gasteiger partial charge on any atom is 0.226 e. The predicted molar refractivity (Wildman–Crippen MR) is 133 cm³/mol. The highest BCUT2D eigenvalue weighted by molar-refractivity contribution is 7.92. The van der Waals surface area contributed by atoms with Crippen molar-refractivity contribution < 1.29 is 17.6 Å². The van der Waals surface area contributed by atoms with Crippen molar-refractivity contribution in [2.75, 3.05) is 18.4 Å². The van der Waals surface area contributed by atoms with Gasteiger partial charge in [0.15, 0.2) is 9.84 Å². The summed E-state index contributed by atoms with van der Waals surface area (Å²) in [7, 11) is -3.22. The van der Waals surface area contributed by atoms with E-state index in [0.29, 0.717) is 16.1 Å². The molecule has 2 aromatic rings. The Morgan fingerprint density at radius 1 is 1.03 bits per heavy atom. The van der Waals surface area contributed by atoms with Crippen LogP contribution in [0.4, 0.5) is 10.1 Å². The van der Waals surface area contributed by atoms with Crippen molar-refractivity contribution in [3.63, 3.8) is 0 Å². The first-order valence-corrected chi connectivity index (χ1v) is 13.9. The second kappa shape index (κ2) is 10.6. The zero-order valence-corrected chi connectivity index (χ0v) is 20.9. The fraction of sp³-hybridized carbons (Fsp3) is 0.519. The number of benzene rings is 2. The highest BCUT2D eigenvalue weighted by atomic mass is 32.2. The molecule has 1 heterocycles. The third-order valence-corrected chi connectivity index (χ3v) is 9.49. The molecule has 0 radical (unpaired) electrons. The number of halogens is 1. The molecule has 1 saturated heterocycles. The van der Waals surface area contributed by atoms with Crippen LogP contribution in [0.2, 0.25) is 0 Å². The van der Waals surface area contributed by atoms with Gasteiger partial charge in [0.05, 0.1) is 10.1 Å². The number of carbonyl (C=O) groups excluding carboxylic acids is 1. The average molecular weight is 487 g/mol. The molecular weight excluding hydrogens is 451 g/mol. The van der Waals surface area contributed by atoms with Crippen LogP contribution < -0.4 is 5.32 Å². The van der Waals surface area contributed by atoms with Crippen LogP contribution in [0, 0.1) is 11.7 Å². The summed E-state index contributed by atoms with van der Waals surface area (Å²) in [6.45, 7) is 6.10. The topological polar surface area (TPSA) is 66.5 Å². The number of sulfone groups is 1. The summed E-state index contributed by atoms with van der Waals surface area (Å²) in [4.78, 5) is 14.8. The SMILES string of the molecule is CC(C)C(=O)Nc1ccc(F)c(C2CCN(Cc3ccc(S(=O)(=O)C4CCCC4)cc3)CC2)c1. The lowest BCUT2D eigenvalue weighted by Gasteiger charge is -2.32. The molecule has 4 rings (SSSR count). The van der Waals surface area contributed by atoms with E-state index in [1.54, 1.807) is 24.3 Å². The molecule has 0 unspecified atom stereocenters. The maximum atomic E-state index is 14.6. The summed E-state index contributed by atoms with van der Waals surface area (Å²) in [5, 5.41) is 2.64. The summed E-state index contributed by atoms with van der Waals surface area (Å²) in [5.74, 6) is -0.311. The standard InChI is InChI=1S/C27H35FN2O3S/c1-19(2)27(31)29-22-9-12-26(28)25(17-22)21-13-15-30(16-14-21)18-20-7-10-24(11-8-20)34(32,33)23-5-3-4-6-23/h7-12,17,19,21,23H,3-6,13-16,18H2,1-2H3,(H,29,31). The van der Waals surface area contributed by atoms with Gasteiger partial charge in [0.2, 0.25) is 5.91 Å². The van der Waals surface area contributed by atoms with Crippen LogP contribution in [0.15, 0.2) is 47.4 Å². The van der Waals surface area contributed by atoms with E-state index in [1.807, 2.05) is 26.0 Å². The summed E-state index contributed by atoms with van der Waals surface area (Å²) in [5.41, 5.74) is 2.40. The molecule has 0 bridgehead atoms. The number of amides is 1. The van der Waals surface area contributed by atoms with Gasteiger partial charge in [-0.25, -0.2) is 12.8 Å². The zero-order chi connectivity index (χ0) is 24.3. The Morgan fingerprint density at radius 2 is 1.68 bits per heavy atom. The van der Waals surface area contributed by atoms with Crippen LogP contribution in [-0.2, 0) is 21.2 Å². The third-order valence-electron chi connectivity index (χ3n) is 7.21. The molecule has 5 nitrogen and oxygen atoms in total. The van der Waals surface area contributed by atoms with Crippen molar-refractivity contribution in [3.8, 4) is 0 Å². The Kier molecular flexibility index (Phi) is 7.73. The highest BCUT2D eigenvalue weighted by Crippen LogP contribution is 2.33. The lowest BCUT2D eigenvalue weighted by molar-refractivity contribution is -0.118. The van der Waals surface area contributed by atoms with Gasteiger partial charge >= 0.3 is 0 Å². The van der Waals surface area contributed by atoms with E-state index in [0.717, 1.165) is 63.7 Å². The third kappa shape index (κ3) is 5.69. The Labute approximate surface area is 202 Å². The van der Waals surface area contributed by atoms with E-state index in [-0.39, 0.29) is 28.8 Å². The fourth-order valence-electron chi connectivity index (χ4n) is 5.06. The molecule has 1 saturated carbocycles. The van der Waals surface area contributed by atoms with Crippen LogP contribution in [0.3, 0.4) is 0 Å². The molecule has 2 aliphatic rings. The normalized spacial score (nSPS) is 18.5. The maximum absolute atomic E-state index is 14.6. The molecule has 1 amide bonds. The summed E-state index contributed by atoms with van der Waals surface area (Å²) in [6.07, 6.45) is 5.22. The van der Waals surface area contributed by atoms with Gasteiger partial charge in [-0.15, -0.1) is 0 Å². The van der Waals surface area contributed by atoms with Crippen LogP contribution in [0.5, 0.6) is 0 Å². The Hall–Kier alpha value is -2.25. The average Bonchev–Trinajstić information content (AvgIpc) is 3.37. The number of hydrogen-bond acceptors (Lipinski definition) is 4. The molecule has 1 aliphatic carbocycles. The van der Waals surface area contributed by atoms with E-state index >= 15 is 0 Å². The van der Waals surface area contributed by atoms with E-state index < -0.39 is 9.84 Å². The number of likely N-dealkylation sites (tertiary alicyclic amines) is 1. The number of rotatable bonds is 7.